The van der Waals surface area contributed by atoms with Crippen molar-refractivity contribution < 1.29 is 5.11 Å². The van der Waals surface area contributed by atoms with Gasteiger partial charge in [-0.25, -0.2) is 0 Å². The summed E-state index contributed by atoms with van der Waals surface area (Å²) in [5.74, 6) is 2.52. The number of rotatable bonds is 7. The Bertz CT molecular complexity index is 103. The fourth-order valence-corrected chi connectivity index (χ4v) is 2.86. The smallest absolute Gasteiger partial charge is 0.0879 e. The summed E-state index contributed by atoms with van der Waals surface area (Å²) in [4.78, 5) is 0. The normalized spacial score (nSPS) is 16.0. The first-order chi connectivity index (χ1) is 5.66. The van der Waals surface area contributed by atoms with Crippen molar-refractivity contribution in [2.45, 2.75) is 17.0 Å². The fourth-order valence-electron chi connectivity index (χ4n) is 0.526. The quantitative estimate of drug-likeness (QED) is 0.553. The van der Waals surface area contributed by atoms with Crippen molar-refractivity contribution in [2.24, 2.45) is 0 Å². The topological polar surface area (TPSA) is 20.2 Å². The van der Waals surface area contributed by atoms with Crippen LogP contribution < -0.4 is 0 Å². The molecule has 12 heavy (non-hydrogen) atoms. The van der Waals surface area contributed by atoms with Gasteiger partial charge in [-0.05, 0) is 6.92 Å². The molecule has 2 atom stereocenters. The SMILES string of the molecule is CC(Cl)CSC(Cl)CSCCO. The van der Waals surface area contributed by atoms with Gasteiger partial charge in [-0.1, -0.05) is 0 Å². The van der Waals surface area contributed by atoms with E-state index in [4.69, 9.17) is 28.3 Å². The maximum atomic E-state index is 8.51. The molecule has 0 aliphatic rings. The van der Waals surface area contributed by atoms with Crippen LogP contribution in [0, 0.1) is 0 Å². The van der Waals surface area contributed by atoms with E-state index in [1.165, 1.54) is 0 Å². The minimum Gasteiger partial charge on any atom is -0.396 e. The average molecular weight is 249 g/mol. The number of aliphatic hydroxyl groups is 1. The van der Waals surface area contributed by atoms with E-state index in [0.29, 0.717) is 0 Å². The molecule has 0 radical (unpaired) electrons. The zero-order chi connectivity index (χ0) is 9.40. The van der Waals surface area contributed by atoms with E-state index in [1.54, 1.807) is 23.5 Å². The highest BCUT2D eigenvalue weighted by molar-refractivity contribution is 8.04. The van der Waals surface area contributed by atoms with Crippen molar-refractivity contribution in [1.29, 1.82) is 0 Å². The van der Waals surface area contributed by atoms with Crippen LogP contribution in [0.5, 0.6) is 0 Å². The molecule has 0 aliphatic carbocycles. The molecule has 0 bridgehead atoms. The molecule has 0 aromatic carbocycles. The van der Waals surface area contributed by atoms with Crippen molar-refractivity contribution in [3.8, 4) is 0 Å². The summed E-state index contributed by atoms with van der Waals surface area (Å²) in [6.45, 7) is 2.18. The Morgan fingerprint density at radius 1 is 1.33 bits per heavy atom. The van der Waals surface area contributed by atoms with Crippen molar-refractivity contribution in [2.75, 3.05) is 23.9 Å². The lowest BCUT2D eigenvalue weighted by Gasteiger charge is -2.08. The highest BCUT2D eigenvalue weighted by Crippen LogP contribution is 2.21. The zero-order valence-electron chi connectivity index (χ0n) is 7.00. The molecule has 0 aromatic rings. The lowest BCUT2D eigenvalue weighted by atomic mass is 10.6. The Balaban J connectivity index is 3.15. The highest BCUT2D eigenvalue weighted by Gasteiger charge is 2.06. The molecular formula is C7H14Cl2OS2. The molecule has 0 amide bonds. The van der Waals surface area contributed by atoms with Gasteiger partial charge < -0.3 is 5.11 Å². The summed E-state index contributed by atoms with van der Waals surface area (Å²) >= 11 is 15.1. The maximum absolute atomic E-state index is 8.51. The molecule has 5 heteroatoms. The standard InChI is InChI=1S/C7H14Cl2OS2/c1-6(8)4-12-7(9)5-11-3-2-10/h6-7,10H,2-5H2,1H3. The van der Waals surface area contributed by atoms with Gasteiger partial charge in [0.2, 0.25) is 0 Å². The summed E-state index contributed by atoms with van der Waals surface area (Å²) in [7, 11) is 0. The predicted octanol–water partition coefficient (Wildman–Crippen LogP) is 2.64. The van der Waals surface area contributed by atoms with Crippen LogP contribution >= 0.6 is 46.7 Å². The zero-order valence-corrected chi connectivity index (χ0v) is 10.1. The molecule has 0 aliphatic heterocycles. The molecule has 0 spiro atoms. The lowest BCUT2D eigenvalue weighted by molar-refractivity contribution is 0.322. The number of alkyl halides is 2. The molecule has 0 saturated carbocycles. The second-order valence-electron chi connectivity index (χ2n) is 2.32. The van der Waals surface area contributed by atoms with E-state index in [1.807, 2.05) is 6.92 Å². The largest absolute Gasteiger partial charge is 0.396 e. The first-order valence-corrected chi connectivity index (χ1v) is 6.82. The lowest BCUT2D eigenvalue weighted by Crippen LogP contribution is -2.04. The molecule has 74 valence electrons. The van der Waals surface area contributed by atoms with Crippen LogP contribution in [0.3, 0.4) is 0 Å². The number of aliphatic hydroxyl groups excluding tert-OH is 1. The Labute approximate surface area is 92.6 Å². The van der Waals surface area contributed by atoms with Gasteiger partial charge in [-0.2, -0.15) is 11.8 Å². The predicted molar refractivity (Wildman–Crippen MR) is 61.8 cm³/mol. The van der Waals surface area contributed by atoms with Gasteiger partial charge >= 0.3 is 0 Å². The van der Waals surface area contributed by atoms with Crippen molar-refractivity contribution in [3.63, 3.8) is 0 Å². The van der Waals surface area contributed by atoms with Gasteiger partial charge in [0.25, 0.3) is 0 Å². The number of halogens is 2. The third-order valence-corrected chi connectivity index (χ3v) is 4.52. The minimum atomic E-state index is 0.114. The van der Waals surface area contributed by atoms with Crippen LogP contribution in [-0.4, -0.2) is 39.1 Å². The molecule has 2 unspecified atom stereocenters. The van der Waals surface area contributed by atoms with Crippen LogP contribution in [0.4, 0.5) is 0 Å². The van der Waals surface area contributed by atoms with Crippen LogP contribution in [0.25, 0.3) is 0 Å². The summed E-state index contributed by atoms with van der Waals surface area (Å²) in [6.07, 6.45) is 0. The van der Waals surface area contributed by atoms with Crippen molar-refractivity contribution in [1.82, 2.24) is 0 Å². The van der Waals surface area contributed by atoms with Crippen LogP contribution in [-0.2, 0) is 0 Å². The van der Waals surface area contributed by atoms with Crippen LogP contribution in [0.2, 0.25) is 0 Å². The number of thioether (sulfide) groups is 2. The second kappa shape index (κ2) is 8.82. The summed E-state index contributed by atoms with van der Waals surface area (Å²) < 4.78 is 0.114. The Morgan fingerprint density at radius 2 is 2.00 bits per heavy atom. The molecule has 0 heterocycles. The minimum absolute atomic E-state index is 0.114. The summed E-state index contributed by atoms with van der Waals surface area (Å²) in [5.41, 5.74) is 0. The summed E-state index contributed by atoms with van der Waals surface area (Å²) in [5, 5.41) is 8.69. The molecule has 0 saturated heterocycles. The Morgan fingerprint density at radius 3 is 2.50 bits per heavy atom. The first-order valence-electron chi connectivity index (χ1n) is 3.75. The molecular weight excluding hydrogens is 235 g/mol. The van der Waals surface area contributed by atoms with E-state index >= 15 is 0 Å². The maximum Gasteiger partial charge on any atom is 0.0879 e. The van der Waals surface area contributed by atoms with Gasteiger partial charge in [-0.3, -0.25) is 0 Å². The fraction of sp³-hybridized carbons (Fsp3) is 1.00. The van der Waals surface area contributed by atoms with E-state index in [-0.39, 0.29) is 16.7 Å². The first kappa shape index (κ1) is 13.2. The van der Waals surface area contributed by atoms with E-state index in [2.05, 4.69) is 0 Å². The number of hydrogen-bond acceptors (Lipinski definition) is 3. The van der Waals surface area contributed by atoms with Crippen molar-refractivity contribution >= 4 is 46.7 Å². The van der Waals surface area contributed by atoms with E-state index in [9.17, 15) is 0 Å². The van der Waals surface area contributed by atoms with Crippen molar-refractivity contribution in [3.05, 3.63) is 0 Å². The third-order valence-electron chi connectivity index (χ3n) is 0.991. The van der Waals surface area contributed by atoms with Crippen LogP contribution in [0.15, 0.2) is 0 Å². The van der Waals surface area contributed by atoms with Crippen LogP contribution in [0.1, 0.15) is 6.92 Å². The molecule has 0 fully saturated rings. The average Bonchev–Trinajstić information content (AvgIpc) is 2.01. The van der Waals surface area contributed by atoms with Gasteiger partial charge in [0.15, 0.2) is 0 Å². The Hall–Kier alpha value is 1.24. The molecule has 1 N–H and O–H groups in total. The van der Waals surface area contributed by atoms with E-state index < -0.39 is 0 Å². The van der Waals surface area contributed by atoms with Gasteiger partial charge in [-0.15, -0.1) is 35.0 Å². The van der Waals surface area contributed by atoms with Gasteiger partial charge in [0.1, 0.15) is 0 Å². The highest BCUT2D eigenvalue weighted by atomic mass is 35.5. The van der Waals surface area contributed by atoms with E-state index in [0.717, 1.165) is 17.3 Å². The third kappa shape index (κ3) is 9.33. The molecule has 1 nitrogen and oxygen atoms in total. The number of hydrogen-bond donors (Lipinski definition) is 1. The molecule has 0 aromatic heterocycles. The Kier molecular flexibility index (Phi) is 9.73. The monoisotopic (exact) mass is 248 g/mol. The second-order valence-corrected chi connectivity index (χ2v) is 6.24. The van der Waals surface area contributed by atoms with Gasteiger partial charge in [0.05, 0.1) is 11.3 Å². The summed E-state index contributed by atoms with van der Waals surface area (Å²) in [6, 6.07) is 0. The van der Waals surface area contributed by atoms with Gasteiger partial charge in [0, 0.05) is 22.6 Å². The molecule has 0 rings (SSSR count).